The molecule has 0 N–H and O–H groups in total. The van der Waals surface area contributed by atoms with Crippen LogP contribution >= 0.6 is 15.9 Å². The van der Waals surface area contributed by atoms with E-state index in [1.165, 1.54) is 19.2 Å². The first kappa shape index (κ1) is 14.7. The fraction of sp³-hybridized carbons (Fsp3) is 0.188. The lowest BCUT2D eigenvalue weighted by molar-refractivity contribution is 0.0990. The van der Waals surface area contributed by atoms with E-state index in [0.29, 0.717) is 11.3 Å². The molecule has 0 fully saturated rings. The number of halogens is 2. The molecular formula is C16H14BrFO2. The Bertz CT molecular complexity index is 653. The highest BCUT2D eigenvalue weighted by atomic mass is 79.9. The summed E-state index contributed by atoms with van der Waals surface area (Å²) in [7, 11) is 1.53. The predicted octanol–water partition coefficient (Wildman–Crippen LogP) is 4.33. The van der Waals surface area contributed by atoms with Gasteiger partial charge >= 0.3 is 0 Å². The van der Waals surface area contributed by atoms with Crippen LogP contribution in [0.2, 0.25) is 0 Å². The van der Waals surface area contributed by atoms with Gasteiger partial charge in [-0.1, -0.05) is 22.0 Å². The van der Waals surface area contributed by atoms with E-state index in [0.717, 1.165) is 15.6 Å². The van der Waals surface area contributed by atoms with E-state index in [4.69, 9.17) is 4.74 Å². The summed E-state index contributed by atoms with van der Waals surface area (Å²) in [6, 6.07) is 9.73. The molecule has 0 saturated heterocycles. The molecule has 0 atom stereocenters. The molecule has 0 unspecified atom stereocenters. The number of benzene rings is 2. The lowest BCUT2D eigenvalue weighted by atomic mass is 9.99. The largest absolute Gasteiger partial charge is 0.496 e. The molecule has 0 saturated carbocycles. The Morgan fingerprint density at radius 2 is 2.00 bits per heavy atom. The quantitative estimate of drug-likeness (QED) is 0.776. The van der Waals surface area contributed by atoms with Crippen molar-refractivity contribution in [1.82, 2.24) is 0 Å². The SMILES string of the molecule is COc1cc(Br)ccc1C(=O)Cc1ccc(F)cc1C. The lowest BCUT2D eigenvalue weighted by Gasteiger charge is -2.09. The molecule has 0 bridgehead atoms. The molecule has 20 heavy (non-hydrogen) atoms. The van der Waals surface area contributed by atoms with Gasteiger partial charge in [0.05, 0.1) is 12.7 Å². The molecule has 0 spiro atoms. The van der Waals surface area contributed by atoms with E-state index >= 15 is 0 Å². The minimum Gasteiger partial charge on any atom is -0.496 e. The summed E-state index contributed by atoms with van der Waals surface area (Å²) in [6.07, 6.45) is 0.226. The number of methoxy groups -OCH3 is 1. The molecule has 0 aliphatic carbocycles. The Balaban J connectivity index is 2.28. The summed E-state index contributed by atoms with van der Waals surface area (Å²) in [4.78, 5) is 12.4. The van der Waals surface area contributed by atoms with E-state index in [1.54, 1.807) is 31.2 Å². The summed E-state index contributed by atoms with van der Waals surface area (Å²) in [6.45, 7) is 1.80. The molecule has 0 amide bonds. The number of ketones is 1. The molecule has 0 aliphatic rings. The van der Waals surface area contributed by atoms with Crippen molar-refractivity contribution in [2.24, 2.45) is 0 Å². The van der Waals surface area contributed by atoms with Gasteiger partial charge < -0.3 is 4.74 Å². The van der Waals surface area contributed by atoms with Crippen molar-refractivity contribution in [3.8, 4) is 5.75 Å². The van der Waals surface area contributed by atoms with Gasteiger partial charge in [0.2, 0.25) is 0 Å². The number of ether oxygens (including phenoxy) is 1. The molecule has 0 radical (unpaired) electrons. The minimum atomic E-state index is -0.292. The van der Waals surface area contributed by atoms with E-state index in [2.05, 4.69) is 15.9 Å². The van der Waals surface area contributed by atoms with Crippen LogP contribution in [0.15, 0.2) is 40.9 Å². The van der Waals surface area contributed by atoms with Crippen LogP contribution in [0.1, 0.15) is 21.5 Å². The maximum Gasteiger partial charge on any atom is 0.170 e. The highest BCUT2D eigenvalue weighted by molar-refractivity contribution is 9.10. The van der Waals surface area contributed by atoms with Crippen LogP contribution in [0.4, 0.5) is 4.39 Å². The van der Waals surface area contributed by atoms with E-state index < -0.39 is 0 Å². The van der Waals surface area contributed by atoms with Crippen LogP contribution in [0.25, 0.3) is 0 Å². The lowest BCUT2D eigenvalue weighted by Crippen LogP contribution is -2.07. The Morgan fingerprint density at radius 3 is 2.65 bits per heavy atom. The first-order valence-corrected chi connectivity index (χ1v) is 6.92. The zero-order valence-electron chi connectivity index (χ0n) is 11.2. The monoisotopic (exact) mass is 336 g/mol. The van der Waals surface area contributed by atoms with Crippen LogP contribution in [0.3, 0.4) is 0 Å². The summed E-state index contributed by atoms with van der Waals surface area (Å²) in [5, 5.41) is 0. The third-order valence-corrected chi connectivity index (χ3v) is 3.61. The zero-order chi connectivity index (χ0) is 14.7. The first-order chi connectivity index (χ1) is 9.51. The fourth-order valence-electron chi connectivity index (χ4n) is 2.02. The number of Topliss-reactive ketones (excluding diaryl/α,β-unsaturated/α-hetero) is 1. The molecule has 0 aliphatic heterocycles. The van der Waals surface area contributed by atoms with E-state index in [1.807, 2.05) is 0 Å². The van der Waals surface area contributed by atoms with Gasteiger partial charge in [-0.2, -0.15) is 0 Å². The maximum absolute atomic E-state index is 13.1. The normalized spacial score (nSPS) is 10.4. The van der Waals surface area contributed by atoms with Gasteiger partial charge in [0.1, 0.15) is 11.6 Å². The number of carbonyl (C=O) groups excluding carboxylic acids is 1. The van der Waals surface area contributed by atoms with Crippen molar-refractivity contribution in [3.05, 3.63) is 63.4 Å². The van der Waals surface area contributed by atoms with Gasteiger partial charge in [-0.25, -0.2) is 4.39 Å². The second-order valence-electron chi connectivity index (χ2n) is 4.52. The predicted molar refractivity (Wildman–Crippen MR) is 79.9 cm³/mol. The standard InChI is InChI=1S/C16H14BrFO2/c1-10-7-13(18)5-3-11(10)8-15(19)14-6-4-12(17)9-16(14)20-2/h3-7,9H,8H2,1-2H3. The Hall–Kier alpha value is -1.68. The smallest absolute Gasteiger partial charge is 0.170 e. The number of rotatable bonds is 4. The van der Waals surface area contributed by atoms with E-state index in [9.17, 15) is 9.18 Å². The summed E-state index contributed by atoms with van der Waals surface area (Å²) in [5.74, 6) is 0.188. The zero-order valence-corrected chi connectivity index (χ0v) is 12.8. The van der Waals surface area contributed by atoms with Crippen LogP contribution in [-0.4, -0.2) is 12.9 Å². The van der Waals surface area contributed by atoms with Gasteiger partial charge in [-0.3, -0.25) is 4.79 Å². The van der Waals surface area contributed by atoms with Crippen molar-refractivity contribution < 1.29 is 13.9 Å². The van der Waals surface area contributed by atoms with Crippen LogP contribution in [-0.2, 0) is 6.42 Å². The molecule has 0 heterocycles. The minimum absolute atomic E-state index is 0.0518. The van der Waals surface area contributed by atoms with Crippen molar-refractivity contribution in [2.75, 3.05) is 7.11 Å². The van der Waals surface area contributed by atoms with Crippen LogP contribution in [0.5, 0.6) is 5.75 Å². The number of aryl methyl sites for hydroxylation is 1. The van der Waals surface area contributed by atoms with Gasteiger partial charge in [0.25, 0.3) is 0 Å². The maximum atomic E-state index is 13.1. The van der Waals surface area contributed by atoms with Gasteiger partial charge in [0.15, 0.2) is 5.78 Å². The molecule has 104 valence electrons. The van der Waals surface area contributed by atoms with Crippen LogP contribution in [0, 0.1) is 12.7 Å². The second kappa shape index (κ2) is 6.18. The fourth-order valence-corrected chi connectivity index (χ4v) is 2.36. The first-order valence-electron chi connectivity index (χ1n) is 6.13. The van der Waals surface area contributed by atoms with Crippen molar-refractivity contribution in [3.63, 3.8) is 0 Å². The molecule has 0 aromatic heterocycles. The summed E-state index contributed by atoms with van der Waals surface area (Å²) in [5.41, 5.74) is 2.12. The highest BCUT2D eigenvalue weighted by Crippen LogP contribution is 2.25. The third kappa shape index (κ3) is 3.25. The Morgan fingerprint density at radius 1 is 1.25 bits per heavy atom. The van der Waals surface area contributed by atoms with Crippen LogP contribution < -0.4 is 4.74 Å². The Kier molecular flexibility index (Phi) is 4.55. The van der Waals surface area contributed by atoms with Gasteiger partial charge in [-0.05, 0) is 48.4 Å². The summed E-state index contributed by atoms with van der Waals surface area (Å²) < 4.78 is 19.1. The van der Waals surface area contributed by atoms with E-state index in [-0.39, 0.29) is 18.0 Å². The molecule has 2 rings (SSSR count). The number of carbonyl (C=O) groups is 1. The summed E-state index contributed by atoms with van der Waals surface area (Å²) >= 11 is 3.34. The number of hydrogen-bond acceptors (Lipinski definition) is 2. The molecular weight excluding hydrogens is 323 g/mol. The molecule has 2 aromatic carbocycles. The third-order valence-electron chi connectivity index (χ3n) is 3.12. The Labute approximate surface area is 125 Å². The van der Waals surface area contributed by atoms with Crippen molar-refractivity contribution in [2.45, 2.75) is 13.3 Å². The molecule has 2 aromatic rings. The van der Waals surface area contributed by atoms with Crippen molar-refractivity contribution >= 4 is 21.7 Å². The molecule has 2 nitrogen and oxygen atoms in total. The molecule has 4 heteroatoms. The number of hydrogen-bond donors (Lipinski definition) is 0. The van der Waals surface area contributed by atoms with Gasteiger partial charge in [0, 0.05) is 10.9 Å². The average molecular weight is 337 g/mol. The topological polar surface area (TPSA) is 26.3 Å². The second-order valence-corrected chi connectivity index (χ2v) is 5.43. The van der Waals surface area contributed by atoms with Gasteiger partial charge in [-0.15, -0.1) is 0 Å². The average Bonchev–Trinajstić information content (AvgIpc) is 2.41. The van der Waals surface area contributed by atoms with Crippen molar-refractivity contribution in [1.29, 1.82) is 0 Å². The highest BCUT2D eigenvalue weighted by Gasteiger charge is 2.14.